The summed E-state index contributed by atoms with van der Waals surface area (Å²) in [7, 11) is -3.76. The molecule has 0 aliphatic heterocycles. The number of carbonyl (C=O) groups is 1. The summed E-state index contributed by atoms with van der Waals surface area (Å²) in [5.74, 6) is -2.31. The average Bonchev–Trinajstić information content (AvgIpc) is 2.45. The van der Waals surface area contributed by atoms with Gasteiger partial charge in [0.2, 0.25) is 10.0 Å². The predicted octanol–water partition coefficient (Wildman–Crippen LogP) is -0.778. The number of hydrogen-bond acceptors (Lipinski definition) is 4. The van der Waals surface area contributed by atoms with Gasteiger partial charge in [0.25, 0.3) is 0 Å². The van der Waals surface area contributed by atoms with Crippen molar-refractivity contribution in [1.82, 2.24) is 14.9 Å². The van der Waals surface area contributed by atoms with E-state index in [9.17, 15) is 13.2 Å². The first-order valence-corrected chi connectivity index (χ1v) is 5.74. The molecule has 1 aromatic heterocycles. The van der Waals surface area contributed by atoms with Gasteiger partial charge in [0.05, 0.1) is 6.20 Å². The fourth-order valence-corrected chi connectivity index (χ4v) is 1.76. The average molecular weight is 233 g/mol. The topological polar surface area (TPSA) is 112 Å². The Hall–Kier alpha value is -1.41. The number of carboxylic acid groups (broad SMARTS) is 1. The summed E-state index contributed by atoms with van der Waals surface area (Å²) in [5.41, 5.74) is 1.43. The van der Waals surface area contributed by atoms with Crippen molar-refractivity contribution in [3.8, 4) is 0 Å². The van der Waals surface area contributed by atoms with Gasteiger partial charge in [-0.2, -0.15) is 5.10 Å². The van der Waals surface area contributed by atoms with Gasteiger partial charge >= 0.3 is 5.97 Å². The molecule has 8 heteroatoms. The maximum absolute atomic E-state index is 11.1. The molecule has 0 saturated carbocycles. The number of aromatic amines is 1. The van der Waals surface area contributed by atoms with E-state index >= 15 is 0 Å². The number of aliphatic carboxylic acids is 1. The lowest BCUT2D eigenvalue weighted by atomic mass is 10.3. The molecule has 0 atom stereocenters. The standard InChI is InChI=1S/C7H11N3O4S/c1-5-6(2-8-10-5)3-9-15(13,14)4-7(11)12/h2,9H,3-4H2,1H3,(H,8,10)(H,11,12). The summed E-state index contributed by atoms with van der Waals surface area (Å²) in [6, 6.07) is 0. The highest BCUT2D eigenvalue weighted by atomic mass is 32.2. The van der Waals surface area contributed by atoms with Crippen LogP contribution in [0.5, 0.6) is 0 Å². The molecule has 0 radical (unpaired) electrons. The zero-order chi connectivity index (χ0) is 11.5. The van der Waals surface area contributed by atoms with Crippen molar-refractivity contribution in [2.24, 2.45) is 0 Å². The largest absolute Gasteiger partial charge is 0.480 e. The van der Waals surface area contributed by atoms with Crippen molar-refractivity contribution in [2.45, 2.75) is 13.5 Å². The number of carboxylic acids is 1. The third-order valence-corrected chi connectivity index (χ3v) is 2.94. The molecule has 1 heterocycles. The maximum Gasteiger partial charge on any atom is 0.320 e. The number of nitrogens with one attached hydrogen (secondary N) is 2. The van der Waals surface area contributed by atoms with E-state index < -0.39 is 21.7 Å². The Bertz CT molecular complexity index is 451. The van der Waals surface area contributed by atoms with Gasteiger partial charge < -0.3 is 5.11 Å². The minimum Gasteiger partial charge on any atom is -0.480 e. The molecule has 7 nitrogen and oxygen atoms in total. The van der Waals surface area contributed by atoms with E-state index in [1.807, 2.05) is 0 Å². The zero-order valence-electron chi connectivity index (χ0n) is 8.02. The van der Waals surface area contributed by atoms with E-state index in [0.29, 0.717) is 5.56 Å². The zero-order valence-corrected chi connectivity index (χ0v) is 8.84. The number of aromatic nitrogens is 2. The van der Waals surface area contributed by atoms with Gasteiger partial charge in [-0.3, -0.25) is 9.89 Å². The van der Waals surface area contributed by atoms with Crippen molar-refractivity contribution in [3.63, 3.8) is 0 Å². The molecule has 0 aliphatic carbocycles. The molecular weight excluding hydrogens is 222 g/mol. The Labute approximate surface area is 86.6 Å². The molecule has 0 saturated heterocycles. The summed E-state index contributed by atoms with van der Waals surface area (Å²) in [4.78, 5) is 10.2. The molecule has 0 aliphatic rings. The normalized spacial score (nSPS) is 11.5. The first-order chi connectivity index (χ1) is 6.91. The Kier molecular flexibility index (Phi) is 3.43. The third-order valence-electron chi connectivity index (χ3n) is 1.73. The molecular formula is C7H11N3O4S. The van der Waals surface area contributed by atoms with E-state index in [-0.39, 0.29) is 6.54 Å². The number of rotatable bonds is 5. The van der Waals surface area contributed by atoms with Crippen LogP contribution in [0.3, 0.4) is 0 Å². The van der Waals surface area contributed by atoms with Gasteiger partial charge in [-0.1, -0.05) is 0 Å². The van der Waals surface area contributed by atoms with Gasteiger partial charge in [0, 0.05) is 17.8 Å². The first kappa shape index (κ1) is 11.7. The number of H-pyrrole nitrogens is 1. The van der Waals surface area contributed by atoms with Crippen molar-refractivity contribution in [3.05, 3.63) is 17.5 Å². The van der Waals surface area contributed by atoms with Crippen LogP contribution in [0.4, 0.5) is 0 Å². The van der Waals surface area contributed by atoms with Crippen LogP contribution in [0.1, 0.15) is 11.3 Å². The van der Waals surface area contributed by atoms with Crippen LogP contribution < -0.4 is 4.72 Å². The second-order valence-electron chi connectivity index (χ2n) is 2.99. The fraction of sp³-hybridized carbons (Fsp3) is 0.429. The van der Waals surface area contributed by atoms with Gasteiger partial charge in [-0.05, 0) is 6.92 Å². The molecule has 1 rings (SSSR count). The number of aryl methyl sites for hydroxylation is 1. The van der Waals surface area contributed by atoms with Crippen molar-refractivity contribution >= 4 is 16.0 Å². The lowest BCUT2D eigenvalue weighted by Crippen LogP contribution is -2.29. The summed E-state index contributed by atoms with van der Waals surface area (Å²) in [5, 5.41) is 14.7. The van der Waals surface area contributed by atoms with E-state index in [0.717, 1.165) is 5.69 Å². The van der Waals surface area contributed by atoms with Crippen molar-refractivity contribution in [2.75, 3.05) is 5.75 Å². The SMILES string of the molecule is Cc1[nH]ncc1CNS(=O)(=O)CC(=O)O. The summed E-state index contributed by atoms with van der Waals surface area (Å²) >= 11 is 0. The van der Waals surface area contributed by atoms with Crippen LogP contribution in [-0.2, 0) is 21.4 Å². The highest BCUT2D eigenvalue weighted by Crippen LogP contribution is 2.02. The van der Waals surface area contributed by atoms with Crippen LogP contribution in [0.25, 0.3) is 0 Å². The van der Waals surface area contributed by atoms with Crippen molar-refractivity contribution in [1.29, 1.82) is 0 Å². The van der Waals surface area contributed by atoms with Crippen LogP contribution in [-0.4, -0.2) is 35.4 Å². The Morgan fingerprint density at radius 2 is 2.33 bits per heavy atom. The van der Waals surface area contributed by atoms with E-state index in [4.69, 9.17) is 5.11 Å². The Morgan fingerprint density at radius 3 is 2.80 bits per heavy atom. The van der Waals surface area contributed by atoms with Crippen LogP contribution in [0, 0.1) is 6.92 Å². The van der Waals surface area contributed by atoms with Crippen LogP contribution in [0.2, 0.25) is 0 Å². The van der Waals surface area contributed by atoms with Crippen molar-refractivity contribution < 1.29 is 18.3 Å². The number of nitrogens with zero attached hydrogens (tertiary/aromatic N) is 1. The van der Waals surface area contributed by atoms with Gasteiger partial charge in [0.15, 0.2) is 5.75 Å². The first-order valence-electron chi connectivity index (χ1n) is 4.09. The van der Waals surface area contributed by atoms with Gasteiger partial charge in [-0.15, -0.1) is 0 Å². The Morgan fingerprint density at radius 1 is 1.67 bits per heavy atom. The molecule has 0 bridgehead atoms. The minimum atomic E-state index is -3.76. The number of hydrogen-bond donors (Lipinski definition) is 3. The lowest BCUT2D eigenvalue weighted by Gasteiger charge is -2.02. The molecule has 1 aromatic rings. The molecule has 0 aromatic carbocycles. The molecule has 0 amide bonds. The minimum absolute atomic E-state index is 0.0396. The highest BCUT2D eigenvalue weighted by molar-refractivity contribution is 7.90. The smallest absolute Gasteiger partial charge is 0.320 e. The van der Waals surface area contributed by atoms with E-state index in [1.165, 1.54) is 6.20 Å². The van der Waals surface area contributed by atoms with E-state index in [1.54, 1.807) is 6.92 Å². The van der Waals surface area contributed by atoms with E-state index in [2.05, 4.69) is 14.9 Å². The summed E-state index contributed by atoms with van der Waals surface area (Å²) < 4.78 is 24.4. The molecule has 84 valence electrons. The van der Waals surface area contributed by atoms with Gasteiger partial charge in [0.1, 0.15) is 0 Å². The molecule has 0 fully saturated rings. The van der Waals surface area contributed by atoms with Crippen LogP contribution in [0.15, 0.2) is 6.20 Å². The molecule has 0 unspecified atom stereocenters. The third kappa shape index (κ3) is 3.68. The molecule has 15 heavy (non-hydrogen) atoms. The Balaban J connectivity index is 2.58. The number of sulfonamides is 1. The van der Waals surface area contributed by atoms with Crippen LogP contribution >= 0.6 is 0 Å². The second-order valence-corrected chi connectivity index (χ2v) is 4.80. The quantitative estimate of drug-likeness (QED) is 0.617. The highest BCUT2D eigenvalue weighted by Gasteiger charge is 2.15. The second kappa shape index (κ2) is 4.41. The predicted molar refractivity (Wildman–Crippen MR) is 51.6 cm³/mol. The monoisotopic (exact) mass is 233 g/mol. The lowest BCUT2D eigenvalue weighted by molar-refractivity contribution is -0.134. The molecule has 3 N–H and O–H groups in total. The maximum atomic E-state index is 11.1. The summed E-state index contributed by atoms with van der Waals surface area (Å²) in [6.07, 6.45) is 1.48. The molecule has 0 spiro atoms. The van der Waals surface area contributed by atoms with Gasteiger partial charge in [-0.25, -0.2) is 13.1 Å². The fourth-order valence-electron chi connectivity index (χ4n) is 0.955. The summed E-state index contributed by atoms with van der Waals surface area (Å²) in [6.45, 7) is 1.78.